The van der Waals surface area contributed by atoms with Gasteiger partial charge in [-0.05, 0) is 42.3 Å². The van der Waals surface area contributed by atoms with Crippen LogP contribution in [0.1, 0.15) is 23.2 Å². The van der Waals surface area contributed by atoms with Crippen LogP contribution >= 0.6 is 0 Å². The third kappa shape index (κ3) is 6.53. The van der Waals surface area contributed by atoms with Gasteiger partial charge in [0.15, 0.2) is 5.82 Å². The van der Waals surface area contributed by atoms with Crippen LogP contribution < -0.4 is 16.4 Å². The van der Waals surface area contributed by atoms with Crippen LogP contribution in [-0.2, 0) is 28.8 Å². The van der Waals surface area contributed by atoms with Crippen LogP contribution in [0, 0.1) is 11.6 Å². The molecule has 0 spiro atoms. The third-order valence-electron chi connectivity index (χ3n) is 6.99. The number of hydrogen-bond acceptors (Lipinski definition) is 7. The van der Waals surface area contributed by atoms with Gasteiger partial charge in [0, 0.05) is 44.5 Å². The average Bonchev–Trinajstić information content (AvgIpc) is 3.08. The van der Waals surface area contributed by atoms with Crippen molar-refractivity contribution in [1.29, 1.82) is 0 Å². The highest BCUT2D eigenvalue weighted by Crippen LogP contribution is 2.38. The molecular formula is C28H28F5N7O3. The molecule has 1 fully saturated rings. The van der Waals surface area contributed by atoms with Crippen LogP contribution in [0.5, 0.6) is 0 Å². The van der Waals surface area contributed by atoms with Crippen molar-refractivity contribution in [3.63, 3.8) is 0 Å². The van der Waals surface area contributed by atoms with Gasteiger partial charge in [-0.3, -0.25) is 4.90 Å². The minimum absolute atomic E-state index is 0.157. The maximum atomic E-state index is 15.4. The predicted molar refractivity (Wildman–Crippen MR) is 148 cm³/mol. The summed E-state index contributed by atoms with van der Waals surface area (Å²) < 4.78 is 81.3. The maximum absolute atomic E-state index is 15.4. The molecule has 2 amide bonds. The van der Waals surface area contributed by atoms with Gasteiger partial charge >= 0.3 is 12.2 Å². The number of anilines is 3. The molecule has 10 nitrogen and oxygen atoms in total. The number of amides is 2. The van der Waals surface area contributed by atoms with Crippen molar-refractivity contribution in [2.75, 3.05) is 49.8 Å². The number of methoxy groups -OCH3 is 1. The van der Waals surface area contributed by atoms with Gasteiger partial charge in [0.1, 0.15) is 23.5 Å². The van der Waals surface area contributed by atoms with E-state index in [1.54, 1.807) is 4.52 Å². The van der Waals surface area contributed by atoms with Crippen molar-refractivity contribution >= 4 is 28.7 Å². The van der Waals surface area contributed by atoms with E-state index in [1.165, 1.54) is 31.6 Å². The number of nitrogens with two attached hydrogens (primary N) is 1. The number of carbonyl (C=O) groups is 1. The van der Waals surface area contributed by atoms with Crippen molar-refractivity contribution in [3.8, 4) is 11.1 Å². The summed E-state index contributed by atoms with van der Waals surface area (Å²) in [6.07, 6.45) is -2.55. The molecule has 0 bridgehead atoms. The maximum Gasteiger partial charge on any atom is 0.416 e. The summed E-state index contributed by atoms with van der Waals surface area (Å²) >= 11 is 0. The van der Waals surface area contributed by atoms with E-state index in [4.69, 9.17) is 15.2 Å². The molecular weight excluding hydrogens is 577 g/mol. The molecule has 0 aliphatic carbocycles. The van der Waals surface area contributed by atoms with Crippen molar-refractivity contribution in [3.05, 3.63) is 71.2 Å². The fourth-order valence-corrected chi connectivity index (χ4v) is 5.01. The van der Waals surface area contributed by atoms with E-state index in [9.17, 15) is 22.4 Å². The third-order valence-corrected chi connectivity index (χ3v) is 6.99. The number of carbonyl (C=O) groups excluding carboxylic acids is 1. The van der Waals surface area contributed by atoms with E-state index in [2.05, 4.69) is 20.3 Å². The van der Waals surface area contributed by atoms with E-state index in [0.29, 0.717) is 61.1 Å². The number of urea groups is 1. The first-order valence-corrected chi connectivity index (χ1v) is 13.2. The van der Waals surface area contributed by atoms with Crippen LogP contribution in [0.25, 0.3) is 16.6 Å². The normalized spacial score (nSPS) is 14.6. The van der Waals surface area contributed by atoms with Gasteiger partial charge in [0.2, 0.25) is 0 Å². The Morgan fingerprint density at radius 3 is 2.60 bits per heavy atom. The average molecular weight is 606 g/mol. The molecule has 228 valence electrons. The molecule has 4 aromatic rings. The Balaban J connectivity index is 1.46. The molecule has 1 aliphatic rings. The number of nitrogens with zero attached hydrogens (tertiary/aromatic N) is 4. The molecule has 4 N–H and O–H groups in total. The quantitative estimate of drug-likeness (QED) is 0.245. The van der Waals surface area contributed by atoms with E-state index in [1.807, 2.05) is 5.32 Å². The highest BCUT2D eigenvalue weighted by Gasteiger charge is 2.31. The highest BCUT2D eigenvalue weighted by molar-refractivity contribution is 6.00. The Hall–Kier alpha value is -4.34. The molecule has 43 heavy (non-hydrogen) atoms. The predicted octanol–water partition coefficient (Wildman–Crippen LogP) is 5.29. The minimum Gasteiger partial charge on any atom is -0.382 e. The zero-order chi connectivity index (χ0) is 30.7. The largest absolute Gasteiger partial charge is 0.416 e. The van der Waals surface area contributed by atoms with E-state index in [0.717, 1.165) is 24.2 Å². The number of rotatable bonds is 7. The SMILES string of the molecule is COCc1c(-c2ccc(NC(=O)Nc3cc(C(F)(F)F)ccc3F)c(F)c2)c2c(N)ncnn2c1CN1CCCOCC1. The first kappa shape index (κ1) is 30.1. The van der Waals surface area contributed by atoms with Gasteiger partial charge in [-0.2, -0.15) is 18.3 Å². The van der Waals surface area contributed by atoms with Crippen LogP contribution in [0.3, 0.4) is 0 Å². The fraction of sp³-hybridized carbons (Fsp3) is 0.321. The Morgan fingerprint density at radius 1 is 1.07 bits per heavy atom. The molecule has 1 aliphatic heterocycles. The number of aromatic nitrogens is 3. The van der Waals surface area contributed by atoms with Crippen LogP contribution in [0.4, 0.5) is 43.9 Å². The summed E-state index contributed by atoms with van der Waals surface area (Å²) in [4.78, 5) is 18.8. The van der Waals surface area contributed by atoms with Crippen LogP contribution in [-0.4, -0.2) is 58.9 Å². The van der Waals surface area contributed by atoms with Gasteiger partial charge in [-0.25, -0.2) is 23.1 Å². The number of nitrogen functional groups attached to an aromatic ring is 1. The second-order valence-corrected chi connectivity index (χ2v) is 9.85. The molecule has 0 atom stereocenters. The van der Waals surface area contributed by atoms with Gasteiger partial charge in [-0.15, -0.1) is 0 Å². The second kappa shape index (κ2) is 12.5. The summed E-state index contributed by atoms with van der Waals surface area (Å²) in [6, 6.07) is 4.43. The molecule has 0 radical (unpaired) electrons. The molecule has 15 heteroatoms. The summed E-state index contributed by atoms with van der Waals surface area (Å²) in [5, 5.41) is 8.62. The molecule has 1 saturated heterocycles. The molecule has 2 aromatic heterocycles. The Morgan fingerprint density at radius 2 is 1.86 bits per heavy atom. The van der Waals surface area contributed by atoms with Crippen molar-refractivity contribution < 1.29 is 36.2 Å². The Bertz CT molecular complexity index is 1640. The van der Waals surface area contributed by atoms with Crippen molar-refractivity contribution in [1.82, 2.24) is 19.5 Å². The molecule has 5 rings (SSSR count). The summed E-state index contributed by atoms with van der Waals surface area (Å²) in [7, 11) is 1.53. The lowest BCUT2D eigenvalue weighted by molar-refractivity contribution is -0.137. The fourth-order valence-electron chi connectivity index (χ4n) is 5.01. The summed E-state index contributed by atoms with van der Waals surface area (Å²) in [5.41, 5.74) is 7.01. The first-order valence-electron chi connectivity index (χ1n) is 13.2. The van der Waals surface area contributed by atoms with Crippen LogP contribution in [0.2, 0.25) is 0 Å². The van der Waals surface area contributed by atoms with E-state index in [-0.39, 0.29) is 18.1 Å². The zero-order valence-corrected chi connectivity index (χ0v) is 23.0. The molecule has 3 heterocycles. The number of fused-ring (bicyclic) bond motifs is 1. The number of hydrogen-bond donors (Lipinski definition) is 3. The molecule has 0 unspecified atom stereocenters. The van der Waals surface area contributed by atoms with Gasteiger partial charge in [0.25, 0.3) is 0 Å². The first-order chi connectivity index (χ1) is 20.6. The molecule has 2 aromatic carbocycles. The lowest BCUT2D eigenvalue weighted by Gasteiger charge is -2.19. The lowest BCUT2D eigenvalue weighted by atomic mass is 10.0. The standard InChI is InChI=1S/C28H28F5N7O3/c1-42-14-18-23(13-39-7-2-9-43-10-8-39)40-25(26(34)35-15-36-40)24(18)16-3-6-21(20(30)11-16)37-27(41)38-22-12-17(28(31,32)33)4-5-19(22)29/h3-6,11-12,15H,2,7-10,13-14H2,1H3,(H2,34,35,36)(H2,37,38,41). The number of alkyl halides is 3. The number of ether oxygens (including phenoxy) is 2. The topological polar surface area (TPSA) is 119 Å². The lowest BCUT2D eigenvalue weighted by Crippen LogP contribution is -2.27. The summed E-state index contributed by atoms with van der Waals surface area (Å²) in [5.74, 6) is -1.78. The minimum atomic E-state index is -4.75. The van der Waals surface area contributed by atoms with E-state index >= 15 is 4.39 Å². The van der Waals surface area contributed by atoms with Crippen molar-refractivity contribution in [2.24, 2.45) is 0 Å². The monoisotopic (exact) mass is 605 g/mol. The van der Waals surface area contributed by atoms with Crippen LogP contribution in [0.15, 0.2) is 42.7 Å². The zero-order valence-electron chi connectivity index (χ0n) is 23.0. The van der Waals surface area contributed by atoms with E-state index < -0.39 is 35.1 Å². The van der Waals surface area contributed by atoms with Gasteiger partial charge < -0.3 is 25.8 Å². The summed E-state index contributed by atoms with van der Waals surface area (Å²) in [6.45, 7) is 3.41. The van der Waals surface area contributed by atoms with Gasteiger partial charge in [-0.1, -0.05) is 6.07 Å². The smallest absolute Gasteiger partial charge is 0.382 e. The number of nitrogens with one attached hydrogen (secondary N) is 2. The number of benzene rings is 2. The molecule has 0 saturated carbocycles. The second-order valence-electron chi connectivity index (χ2n) is 9.85. The Labute approximate surface area is 242 Å². The number of halogens is 5. The Kier molecular flexibility index (Phi) is 8.75. The van der Waals surface area contributed by atoms with Crippen molar-refractivity contribution in [2.45, 2.75) is 25.7 Å². The highest BCUT2D eigenvalue weighted by atomic mass is 19.4. The van der Waals surface area contributed by atoms with Gasteiger partial charge in [0.05, 0.1) is 35.8 Å².